The third-order valence-corrected chi connectivity index (χ3v) is 3.08. The predicted molar refractivity (Wildman–Crippen MR) is 71.3 cm³/mol. The first-order chi connectivity index (χ1) is 9.01. The van der Waals surface area contributed by atoms with Crippen LogP contribution in [0.4, 0.5) is 0 Å². The molecule has 104 valence electrons. The van der Waals surface area contributed by atoms with Crippen LogP contribution in [0.2, 0.25) is 0 Å². The molecule has 2 heterocycles. The largest absolute Gasteiger partial charge is 0.392 e. The van der Waals surface area contributed by atoms with Gasteiger partial charge in [-0.05, 0) is 20.8 Å². The van der Waals surface area contributed by atoms with E-state index in [0.29, 0.717) is 24.3 Å². The second-order valence-electron chi connectivity index (χ2n) is 4.49. The summed E-state index contributed by atoms with van der Waals surface area (Å²) in [4.78, 5) is 28.6. The Morgan fingerprint density at radius 2 is 1.89 bits per heavy atom. The number of nitrogens with zero attached hydrogens (tertiary/aromatic N) is 4. The third kappa shape index (κ3) is 2.10. The molecule has 0 aromatic carbocycles. The van der Waals surface area contributed by atoms with Crippen molar-refractivity contribution in [3.63, 3.8) is 0 Å². The van der Waals surface area contributed by atoms with E-state index in [1.165, 1.54) is 15.5 Å². The van der Waals surface area contributed by atoms with Gasteiger partial charge in [-0.1, -0.05) is 0 Å². The minimum Gasteiger partial charge on any atom is -0.392 e. The summed E-state index contributed by atoms with van der Waals surface area (Å²) in [5.41, 5.74) is 0.0437. The highest BCUT2D eigenvalue weighted by Gasteiger charge is 2.16. The van der Waals surface area contributed by atoms with Crippen LogP contribution in [0.5, 0.6) is 0 Å². The van der Waals surface area contributed by atoms with E-state index in [4.69, 9.17) is 0 Å². The molecule has 0 aliphatic heterocycles. The Bertz CT molecular complexity index is 708. The van der Waals surface area contributed by atoms with Crippen molar-refractivity contribution in [2.45, 2.75) is 46.5 Å². The number of hydrogen-bond acceptors (Lipinski definition) is 4. The van der Waals surface area contributed by atoms with Crippen molar-refractivity contribution < 1.29 is 5.11 Å². The minimum absolute atomic E-state index is 0.275. The Morgan fingerprint density at radius 1 is 1.26 bits per heavy atom. The lowest BCUT2D eigenvalue weighted by atomic mass is 10.4. The lowest BCUT2D eigenvalue weighted by molar-refractivity contribution is 0.175. The van der Waals surface area contributed by atoms with Crippen LogP contribution in [0.1, 0.15) is 20.8 Å². The van der Waals surface area contributed by atoms with E-state index >= 15 is 0 Å². The third-order valence-electron chi connectivity index (χ3n) is 3.08. The van der Waals surface area contributed by atoms with Gasteiger partial charge in [0.1, 0.15) is 0 Å². The van der Waals surface area contributed by atoms with E-state index in [9.17, 15) is 14.7 Å². The highest BCUT2D eigenvalue weighted by atomic mass is 16.3. The second kappa shape index (κ2) is 5.00. The normalized spacial score (nSPS) is 13.1. The van der Waals surface area contributed by atoms with Crippen LogP contribution in [0, 0.1) is 0 Å². The number of aliphatic hydroxyl groups is 1. The summed E-state index contributed by atoms with van der Waals surface area (Å²) in [5, 5.41) is 9.46. The van der Waals surface area contributed by atoms with Gasteiger partial charge in [0.15, 0.2) is 11.2 Å². The van der Waals surface area contributed by atoms with Crippen LogP contribution in [-0.4, -0.2) is 29.9 Å². The lowest BCUT2D eigenvalue weighted by Gasteiger charge is -2.10. The molecule has 1 N–H and O–H groups in total. The maximum atomic E-state index is 12.3. The summed E-state index contributed by atoms with van der Waals surface area (Å²) in [6.45, 7) is 6.26. The average molecular weight is 266 g/mol. The summed E-state index contributed by atoms with van der Waals surface area (Å²) in [7, 11) is 0. The SMILES string of the molecule is CCn1c(=O)c2c(ncn2CC(C)O)n(CC)c1=O. The number of aromatic nitrogens is 4. The van der Waals surface area contributed by atoms with Crippen molar-refractivity contribution in [3.8, 4) is 0 Å². The molecule has 0 aliphatic carbocycles. The molecule has 2 aromatic heterocycles. The van der Waals surface area contributed by atoms with Gasteiger partial charge in [-0.3, -0.25) is 13.9 Å². The van der Waals surface area contributed by atoms with E-state index in [1.54, 1.807) is 18.4 Å². The number of aliphatic hydroxyl groups excluding tert-OH is 1. The zero-order chi connectivity index (χ0) is 14.2. The van der Waals surface area contributed by atoms with Gasteiger partial charge < -0.3 is 9.67 Å². The van der Waals surface area contributed by atoms with E-state index in [1.807, 2.05) is 6.92 Å². The fourth-order valence-electron chi connectivity index (χ4n) is 2.23. The molecule has 1 atom stereocenters. The van der Waals surface area contributed by atoms with Crippen LogP contribution >= 0.6 is 0 Å². The standard InChI is InChI=1S/C12H18N4O3/c1-4-15-10-9(11(18)16(5-2)12(15)19)14(7-13-10)6-8(3)17/h7-8,17H,4-6H2,1-3H3. The highest BCUT2D eigenvalue weighted by Crippen LogP contribution is 2.07. The summed E-state index contributed by atoms with van der Waals surface area (Å²) < 4.78 is 4.25. The van der Waals surface area contributed by atoms with Crippen LogP contribution in [0.25, 0.3) is 11.2 Å². The molecule has 0 amide bonds. The van der Waals surface area contributed by atoms with Gasteiger partial charge in [-0.25, -0.2) is 9.78 Å². The van der Waals surface area contributed by atoms with Gasteiger partial charge in [0.2, 0.25) is 0 Å². The molecule has 0 bridgehead atoms. The zero-order valence-electron chi connectivity index (χ0n) is 11.3. The Hall–Kier alpha value is -1.89. The van der Waals surface area contributed by atoms with Crippen molar-refractivity contribution in [2.24, 2.45) is 0 Å². The maximum Gasteiger partial charge on any atom is 0.332 e. The maximum absolute atomic E-state index is 12.3. The molecule has 0 saturated carbocycles. The summed E-state index contributed by atoms with van der Waals surface area (Å²) in [5.74, 6) is 0. The minimum atomic E-state index is -0.589. The van der Waals surface area contributed by atoms with Crippen molar-refractivity contribution >= 4 is 11.2 Å². The van der Waals surface area contributed by atoms with Crippen LogP contribution in [0.15, 0.2) is 15.9 Å². The van der Waals surface area contributed by atoms with Gasteiger partial charge in [0.25, 0.3) is 5.56 Å². The van der Waals surface area contributed by atoms with Crippen LogP contribution in [0.3, 0.4) is 0 Å². The average Bonchev–Trinajstić information content (AvgIpc) is 2.73. The summed E-state index contributed by atoms with van der Waals surface area (Å²) in [6, 6.07) is 0. The van der Waals surface area contributed by atoms with Crippen LogP contribution < -0.4 is 11.2 Å². The number of rotatable bonds is 4. The van der Waals surface area contributed by atoms with Gasteiger partial charge in [-0.2, -0.15) is 0 Å². The Labute approximate surface area is 109 Å². The van der Waals surface area contributed by atoms with E-state index in [0.717, 1.165) is 0 Å². The lowest BCUT2D eigenvalue weighted by Crippen LogP contribution is -2.40. The number of aryl methyl sites for hydroxylation is 1. The molecule has 0 radical (unpaired) electrons. The monoisotopic (exact) mass is 266 g/mol. The van der Waals surface area contributed by atoms with Crippen molar-refractivity contribution in [2.75, 3.05) is 0 Å². The molecule has 19 heavy (non-hydrogen) atoms. The molecule has 7 heteroatoms. The molecule has 0 aliphatic rings. The first-order valence-electron chi connectivity index (χ1n) is 6.37. The molecular formula is C12H18N4O3. The van der Waals surface area contributed by atoms with E-state index in [-0.39, 0.29) is 17.8 Å². The van der Waals surface area contributed by atoms with Gasteiger partial charge >= 0.3 is 5.69 Å². The predicted octanol–water partition coefficient (Wildman–Crippen LogP) is -0.220. The number of imidazole rings is 1. The number of fused-ring (bicyclic) bond motifs is 1. The smallest absolute Gasteiger partial charge is 0.332 e. The second-order valence-corrected chi connectivity index (χ2v) is 4.49. The molecule has 0 saturated heterocycles. The molecule has 7 nitrogen and oxygen atoms in total. The molecular weight excluding hydrogens is 248 g/mol. The fraction of sp³-hybridized carbons (Fsp3) is 0.583. The topological polar surface area (TPSA) is 82.0 Å². The molecule has 0 spiro atoms. The van der Waals surface area contributed by atoms with E-state index in [2.05, 4.69) is 4.98 Å². The van der Waals surface area contributed by atoms with Gasteiger partial charge in [0, 0.05) is 13.1 Å². The Morgan fingerprint density at radius 3 is 2.42 bits per heavy atom. The zero-order valence-corrected chi connectivity index (χ0v) is 11.3. The molecule has 2 rings (SSSR count). The quantitative estimate of drug-likeness (QED) is 0.829. The Balaban J connectivity index is 2.87. The van der Waals surface area contributed by atoms with Crippen molar-refractivity contribution in [1.82, 2.24) is 18.7 Å². The van der Waals surface area contributed by atoms with Crippen molar-refractivity contribution in [1.29, 1.82) is 0 Å². The van der Waals surface area contributed by atoms with E-state index < -0.39 is 6.10 Å². The molecule has 0 fully saturated rings. The molecule has 1 unspecified atom stereocenters. The first-order valence-corrected chi connectivity index (χ1v) is 6.37. The summed E-state index contributed by atoms with van der Waals surface area (Å²) >= 11 is 0. The first kappa shape index (κ1) is 13.5. The highest BCUT2D eigenvalue weighted by molar-refractivity contribution is 5.70. The van der Waals surface area contributed by atoms with Gasteiger partial charge in [-0.15, -0.1) is 0 Å². The Kier molecular flexibility index (Phi) is 3.57. The fourth-order valence-corrected chi connectivity index (χ4v) is 2.23. The van der Waals surface area contributed by atoms with Gasteiger partial charge in [0.05, 0.1) is 19.0 Å². The van der Waals surface area contributed by atoms with Crippen molar-refractivity contribution in [3.05, 3.63) is 27.2 Å². The summed E-state index contributed by atoms with van der Waals surface area (Å²) in [6.07, 6.45) is 0.901. The number of hydrogen-bond donors (Lipinski definition) is 1. The van der Waals surface area contributed by atoms with Crippen LogP contribution in [-0.2, 0) is 19.6 Å². The molecule has 2 aromatic rings.